The molecule has 0 aromatic carbocycles. The zero-order chi connectivity index (χ0) is 10.1. The normalized spacial score (nSPS) is 10.4. The lowest BCUT2D eigenvalue weighted by molar-refractivity contribution is 0.101. The molecule has 0 radical (unpaired) electrons. The maximum absolute atomic E-state index is 11.0. The molecule has 0 spiro atoms. The molecule has 72 valence electrons. The van der Waals surface area contributed by atoms with Crippen LogP contribution in [0, 0.1) is 6.92 Å². The third-order valence-electron chi connectivity index (χ3n) is 1.80. The van der Waals surface area contributed by atoms with Crippen LogP contribution in [0.3, 0.4) is 0 Å². The van der Waals surface area contributed by atoms with Gasteiger partial charge in [0.15, 0.2) is 16.6 Å². The summed E-state index contributed by atoms with van der Waals surface area (Å²) in [7, 11) is 0. The maximum Gasteiger partial charge on any atom is 0.188 e. The van der Waals surface area contributed by atoms with E-state index in [1.807, 2.05) is 24.4 Å². The molecule has 0 saturated heterocycles. The molecule has 0 aliphatic carbocycles. The number of furan rings is 1. The fourth-order valence-corrected chi connectivity index (χ4v) is 1.83. The Kier molecular flexibility index (Phi) is 2.21. The highest BCUT2D eigenvalue weighted by molar-refractivity contribution is 7.12. The summed E-state index contributed by atoms with van der Waals surface area (Å²) in [4.78, 5) is 15.2. The fourth-order valence-electron chi connectivity index (χ4n) is 1.12. The van der Waals surface area contributed by atoms with E-state index in [1.165, 1.54) is 18.3 Å². The van der Waals surface area contributed by atoms with Crippen LogP contribution in [0.4, 0.5) is 0 Å². The Morgan fingerprint density at radius 2 is 2.29 bits per heavy atom. The zero-order valence-corrected chi connectivity index (χ0v) is 8.72. The predicted molar refractivity (Wildman–Crippen MR) is 54.6 cm³/mol. The van der Waals surface area contributed by atoms with Gasteiger partial charge in [-0.1, -0.05) is 0 Å². The Morgan fingerprint density at radius 3 is 2.79 bits per heavy atom. The molecular weight excluding hydrogens is 198 g/mol. The minimum Gasteiger partial charge on any atom is -0.460 e. The second kappa shape index (κ2) is 3.38. The predicted octanol–water partition coefficient (Wildman–Crippen LogP) is 2.91. The molecule has 4 heteroatoms. The van der Waals surface area contributed by atoms with E-state index in [0.717, 1.165) is 11.5 Å². The average molecular weight is 207 g/mol. The van der Waals surface area contributed by atoms with Crippen molar-refractivity contribution in [1.82, 2.24) is 4.98 Å². The van der Waals surface area contributed by atoms with E-state index in [-0.39, 0.29) is 5.78 Å². The molecule has 0 fully saturated rings. The van der Waals surface area contributed by atoms with Crippen LogP contribution in [0.5, 0.6) is 0 Å². The summed E-state index contributed by atoms with van der Waals surface area (Å²) in [6.07, 6.45) is 0. The first-order valence-corrected chi connectivity index (χ1v) is 5.08. The Morgan fingerprint density at radius 1 is 1.50 bits per heavy atom. The first kappa shape index (κ1) is 9.15. The number of hydrogen-bond acceptors (Lipinski definition) is 4. The highest BCUT2D eigenvalue weighted by Crippen LogP contribution is 2.23. The van der Waals surface area contributed by atoms with Crippen molar-refractivity contribution in [2.24, 2.45) is 0 Å². The van der Waals surface area contributed by atoms with E-state index in [1.54, 1.807) is 0 Å². The molecule has 0 unspecified atom stereocenters. The lowest BCUT2D eigenvalue weighted by Crippen LogP contribution is -1.89. The number of carbonyl (C=O) groups excluding carboxylic acids is 1. The maximum atomic E-state index is 11.0. The van der Waals surface area contributed by atoms with Crippen molar-refractivity contribution in [2.75, 3.05) is 0 Å². The van der Waals surface area contributed by atoms with E-state index >= 15 is 0 Å². The van der Waals surface area contributed by atoms with Crippen molar-refractivity contribution in [1.29, 1.82) is 0 Å². The number of aryl methyl sites for hydroxylation is 1. The third kappa shape index (κ3) is 1.61. The molecular formula is C10H9NO2S. The summed E-state index contributed by atoms with van der Waals surface area (Å²) in [6, 6.07) is 3.73. The molecule has 2 aromatic rings. The van der Waals surface area contributed by atoms with Gasteiger partial charge in [0.25, 0.3) is 0 Å². The minimum absolute atomic E-state index is 0.00970. The van der Waals surface area contributed by atoms with Crippen LogP contribution < -0.4 is 0 Å². The average Bonchev–Trinajstić information content (AvgIpc) is 2.70. The summed E-state index contributed by atoms with van der Waals surface area (Å²) >= 11 is 1.34. The minimum atomic E-state index is -0.00970. The van der Waals surface area contributed by atoms with Gasteiger partial charge in [-0.2, -0.15) is 0 Å². The van der Waals surface area contributed by atoms with Gasteiger partial charge in [0, 0.05) is 12.3 Å². The molecule has 2 heterocycles. The molecule has 0 saturated carbocycles. The Bertz CT molecular complexity index is 470. The number of carbonyl (C=O) groups is 1. The summed E-state index contributed by atoms with van der Waals surface area (Å²) < 4.78 is 5.40. The van der Waals surface area contributed by atoms with Crippen molar-refractivity contribution >= 4 is 17.1 Å². The molecule has 0 aliphatic rings. The molecule has 3 nitrogen and oxygen atoms in total. The molecule has 0 aliphatic heterocycles. The molecule has 14 heavy (non-hydrogen) atoms. The van der Waals surface area contributed by atoms with Crippen LogP contribution in [0.2, 0.25) is 0 Å². The monoisotopic (exact) mass is 207 g/mol. The number of nitrogens with zero attached hydrogens (tertiary/aromatic N) is 1. The summed E-state index contributed by atoms with van der Waals surface area (Å²) in [5.74, 6) is 1.55. The van der Waals surface area contributed by atoms with Gasteiger partial charge in [0.05, 0.1) is 0 Å². The number of aromatic nitrogens is 1. The van der Waals surface area contributed by atoms with Gasteiger partial charge < -0.3 is 4.42 Å². The zero-order valence-electron chi connectivity index (χ0n) is 7.90. The first-order valence-electron chi connectivity index (χ1n) is 4.20. The van der Waals surface area contributed by atoms with Crippen molar-refractivity contribution in [3.8, 4) is 11.5 Å². The second-order valence-electron chi connectivity index (χ2n) is 3.00. The second-order valence-corrected chi connectivity index (χ2v) is 3.86. The van der Waals surface area contributed by atoms with Crippen LogP contribution in [0.15, 0.2) is 21.9 Å². The topological polar surface area (TPSA) is 43.1 Å². The van der Waals surface area contributed by atoms with Gasteiger partial charge in [0.2, 0.25) is 0 Å². The molecule has 0 atom stereocenters. The van der Waals surface area contributed by atoms with E-state index in [9.17, 15) is 4.79 Å². The molecule has 0 amide bonds. The lowest BCUT2D eigenvalue weighted by Gasteiger charge is -1.88. The number of thiazole rings is 1. The molecule has 2 rings (SSSR count). The van der Waals surface area contributed by atoms with Crippen LogP contribution in [-0.4, -0.2) is 10.8 Å². The Hall–Kier alpha value is -1.42. The Balaban J connectivity index is 2.38. The summed E-state index contributed by atoms with van der Waals surface area (Å²) in [5.41, 5.74) is 0.730. The van der Waals surface area contributed by atoms with Crippen molar-refractivity contribution < 1.29 is 9.21 Å². The van der Waals surface area contributed by atoms with Gasteiger partial charge >= 0.3 is 0 Å². The number of Topliss-reactive ketones (excluding diaryl/α,β-unsaturated/α-hetero) is 1. The smallest absolute Gasteiger partial charge is 0.188 e. The van der Waals surface area contributed by atoms with E-state index in [2.05, 4.69) is 4.98 Å². The van der Waals surface area contributed by atoms with Gasteiger partial charge in [0.1, 0.15) is 11.5 Å². The van der Waals surface area contributed by atoms with Gasteiger partial charge in [-0.05, 0) is 19.1 Å². The molecule has 0 N–H and O–H groups in total. The number of ketones is 1. The van der Waals surface area contributed by atoms with Gasteiger partial charge in [-0.3, -0.25) is 4.79 Å². The largest absolute Gasteiger partial charge is 0.460 e. The van der Waals surface area contributed by atoms with Crippen LogP contribution in [0.25, 0.3) is 11.5 Å². The quantitative estimate of drug-likeness (QED) is 0.711. The third-order valence-corrected chi connectivity index (χ3v) is 2.74. The summed E-state index contributed by atoms with van der Waals surface area (Å²) in [6.45, 7) is 3.39. The van der Waals surface area contributed by atoms with Crippen molar-refractivity contribution in [3.05, 3.63) is 28.3 Å². The summed E-state index contributed by atoms with van der Waals surface area (Å²) in [5, 5.41) is 2.35. The number of hydrogen-bond donors (Lipinski definition) is 0. The fraction of sp³-hybridized carbons (Fsp3) is 0.200. The SMILES string of the molecule is CC(=O)c1nc(-c2ccc(C)o2)cs1. The highest BCUT2D eigenvalue weighted by atomic mass is 32.1. The van der Waals surface area contributed by atoms with Gasteiger partial charge in [-0.25, -0.2) is 4.98 Å². The van der Waals surface area contributed by atoms with Crippen LogP contribution in [0.1, 0.15) is 22.5 Å². The van der Waals surface area contributed by atoms with Crippen LogP contribution >= 0.6 is 11.3 Å². The van der Waals surface area contributed by atoms with Crippen LogP contribution in [-0.2, 0) is 0 Å². The van der Waals surface area contributed by atoms with E-state index in [0.29, 0.717) is 10.8 Å². The standard InChI is InChI=1S/C10H9NO2S/c1-6-3-4-9(13-6)8-5-14-10(11-8)7(2)12/h3-5H,1-2H3. The van der Waals surface area contributed by atoms with Crippen molar-refractivity contribution in [3.63, 3.8) is 0 Å². The van der Waals surface area contributed by atoms with E-state index < -0.39 is 0 Å². The molecule has 2 aromatic heterocycles. The highest BCUT2D eigenvalue weighted by Gasteiger charge is 2.09. The van der Waals surface area contributed by atoms with E-state index in [4.69, 9.17) is 4.42 Å². The van der Waals surface area contributed by atoms with Gasteiger partial charge in [-0.15, -0.1) is 11.3 Å². The first-order chi connectivity index (χ1) is 6.66. The van der Waals surface area contributed by atoms with Crippen molar-refractivity contribution in [2.45, 2.75) is 13.8 Å². The lowest BCUT2D eigenvalue weighted by atomic mass is 10.3. The molecule has 0 bridgehead atoms. The number of rotatable bonds is 2. The Labute approximate surface area is 85.4 Å².